The number of alkyl halides is 2. The number of carbonyl (C=O) groups is 1. The van der Waals surface area contributed by atoms with Crippen LogP contribution in [0.4, 0.5) is 14.5 Å². The molecule has 0 unspecified atom stereocenters. The minimum Gasteiger partial charge on any atom is -0.476 e. The fraction of sp³-hybridized carbons (Fsp3) is 0.308. The topological polar surface area (TPSA) is 84.3 Å². The Kier molecular flexibility index (Phi) is 4.94. The van der Waals surface area contributed by atoms with Gasteiger partial charge in [0.05, 0.1) is 17.8 Å². The third kappa shape index (κ3) is 3.82. The molecule has 0 saturated carbocycles. The summed E-state index contributed by atoms with van der Waals surface area (Å²) in [5, 5.41) is 20.1. The van der Waals surface area contributed by atoms with Crippen molar-refractivity contribution in [2.24, 2.45) is 0 Å². The molecule has 0 fully saturated rings. The molecule has 0 saturated heterocycles. The Morgan fingerprint density at radius 3 is 2.81 bits per heavy atom. The summed E-state index contributed by atoms with van der Waals surface area (Å²) >= 11 is 0. The van der Waals surface area contributed by atoms with Gasteiger partial charge in [0.15, 0.2) is 5.69 Å². The van der Waals surface area contributed by atoms with E-state index in [4.69, 9.17) is 9.84 Å². The molecular weight excluding hydrogens is 284 g/mol. The Bertz CT molecular complexity index is 637. The Morgan fingerprint density at radius 1 is 1.33 bits per heavy atom. The average Bonchev–Trinajstić information content (AvgIpc) is 2.46. The Morgan fingerprint density at radius 2 is 2.10 bits per heavy atom. The van der Waals surface area contributed by atoms with Crippen LogP contribution in [0.1, 0.15) is 10.5 Å². The van der Waals surface area contributed by atoms with Gasteiger partial charge in [0.1, 0.15) is 6.61 Å². The molecule has 0 aliphatic rings. The number of nitrogens with one attached hydrogen (secondary N) is 1. The lowest BCUT2D eigenvalue weighted by molar-refractivity contribution is 0.0215. The van der Waals surface area contributed by atoms with Gasteiger partial charge >= 0.3 is 5.97 Å². The van der Waals surface area contributed by atoms with Crippen molar-refractivity contribution < 1.29 is 23.4 Å². The molecule has 0 aliphatic heterocycles. The number of carboxylic acid groups (broad SMARTS) is 1. The molecule has 0 radical (unpaired) electrons. The highest BCUT2D eigenvalue weighted by atomic mass is 19.3. The maximum absolute atomic E-state index is 11.9. The maximum atomic E-state index is 11.9. The number of anilines is 1. The van der Waals surface area contributed by atoms with Gasteiger partial charge in [-0.05, 0) is 6.07 Å². The Labute approximate surface area is 118 Å². The van der Waals surface area contributed by atoms with E-state index < -0.39 is 19.0 Å². The van der Waals surface area contributed by atoms with Crippen LogP contribution in [-0.4, -0.2) is 47.5 Å². The molecule has 1 aromatic carbocycles. The lowest BCUT2D eigenvalue weighted by Gasteiger charge is -2.11. The van der Waals surface area contributed by atoms with Crippen molar-refractivity contribution in [1.29, 1.82) is 0 Å². The normalized spacial score (nSPS) is 11.0. The predicted molar refractivity (Wildman–Crippen MR) is 71.8 cm³/mol. The smallest absolute Gasteiger partial charge is 0.358 e. The van der Waals surface area contributed by atoms with Crippen LogP contribution in [0.25, 0.3) is 10.9 Å². The second kappa shape index (κ2) is 6.89. The molecule has 0 spiro atoms. The van der Waals surface area contributed by atoms with Crippen LogP contribution < -0.4 is 5.32 Å². The van der Waals surface area contributed by atoms with E-state index in [-0.39, 0.29) is 18.8 Å². The number of ether oxygens (including phenoxy) is 1. The second-order valence-electron chi connectivity index (χ2n) is 4.14. The van der Waals surface area contributed by atoms with Gasteiger partial charge in [0.25, 0.3) is 6.43 Å². The largest absolute Gasteiger partial charge is 0.476 e. The monoisotopic (exact) mass is 297 g/mol. The number of halogens is 2. The van der Waals surface area contributed by atoms with Crippen LogP contribution in [0.2, 0.25) is 0 Å². The molecule has 2 rings (SSSR count). The summed E-state index contributed by atoms with van der Waals surface area (Å²) in [5.41, 5.74) is 0.620. The summed E-state index contributed by atoms with van der Waals surface area (Å²) in [6.45, 7) is -0.439. The first kappa shape index (κ1) is 15.0. The minimum absolute atomic E-state index is 0.0278. The Balaban J connectivity index is 2.16. The van der Waals surface area contributed by atoms with Crippen LogP contribution in [0.5, 0.6) is 0 Å². The van der Waals surface area contributed by atoms with Crippen molar-refractivity contribution in [1.82, 2.24) is 10.2 Å². The highest BCUT2D eigenvalue weighted by Crippen LogP contribution is 2.23. The van der Waals surface area contributed by atoms with E-state index in [9.17, 15) is 13.6 Å². The number of aromatic carboxylic acids is 1. The van der Waals surface area contributed by atoms with Gasteiger partial charge in [-0.15, -0.1) is 10.2 Å². The van der Waals surface area contributed by atoms with E-state index >= 15 is 0 Å². The number of hydrogen-bond donors (Lipinski definition) is 2. The van der Waals surface area contributed by atoms with Crippen molar-refractivity contribution in [3.63, 3.8) is 0 Å². The highest BCUT2D eigenvalue weighted by molar-refractivity contribution is 6.02. The fourth-order valence-electron chi connectivity index (χ4n) is 1.80. The summed E-state index contributed by atoms with van der Waals surface area (Å²) in [5.74, 6) is -1.22. The summed E-state index contributed by atoms with van der Waals surface area (Å²) in [6, 6.07) is 6.91. The first-order valence-electron chi connectivity index (χ1n) is 6.18. The van der Waals surface area contributed by atoms with E-state index in [1.54, 1.807) is 24.3 Å². The second-order valence-corrected chi connectivity index (χ2v) is 4.14. The van der Waals surface area contributed by atoms with Gasteiger partial charge < -0.3 is 15.2 Å². The lowest BCUT2D eigenvalue weighted by atomic mass is 10.1. The summed E-state index contributed by atoms with van der Waals surface area (Å²) in [7, 11) is 0. The molecule has 0 bridgehead atoms. The zero-order valence-electron chi connectivity index (χ0n) is 10.9. The van der Waals surface area contributed by atoms with Gasteiger partial charge in [-0.1, -0.05) is 18.2 Å². The molecule has 1 aromatic heterocycles. The van der Waals surface area contributed by atoms with Crippen molar-refractivity contribution in [2.45, 2.75) is 6.43 Å². The SMILES string of the molecule is O=C(O)c1nnc2ccccc2c1NCCOCC(F)F. The van der Waals surface area contributed by atoms with Crippen LogP contribution >= 0.6 is 0 Å². The number of aromatic nitrogens is 2. The van der Waals surface area contributed by atoms with E-state index in [0.29, 0.717) is 16.6 Å². The quantitative estimate of drug-likeness (QED) is 0.761. The maximum Gasteiger partial charge on any atom is 0.358 e. The van der Waals surface area contributed by atoms with Gasteiger partial charge in [-0.3, -0.25) is 0 Å². The van der Waals surface area contributed by atoms with Crippen LogP contribution in [0.3, 0.4) is 0 Å². The number of rotatable bonds is 7. The predicted octanol–water partition coefficient (Wildman–Crippen LogP) is 2.02. The van der Waals surface area contributed by atoms with Gasteiger partial charge in [-0.25, -0.2) is 13.6 Å². The van der Waals surface area contributed by atoms with Gasteiger partial charge in [-0.2, -0.15) is 0 Å². The fourth-order valence-corrected chi connectivity index (χ4v) is 1.80. The van der Waals surface area contributed by atoms with Gasteiger partial charge in [0, 0.05) is 11.9 Å². The molecule has 8 heteroatoms. The highest BCUT2D eigenvalue weighted by Gasteiger charge is 2.16. The molecule has 21 heavy (non-hydrogen) atoms. The molecular formula is C13H13F2N3O3. The van der Waals surface area contributed by atoms with Gasteiger partial charge in [0.2, 0.25) is 0 Å². The summed E-state index contributed by atoms with van der Waals surface area (Å²) in [6.07, 6.45) is -2.52. The molecule has 2 aromatic rings. The number of hydrogen-bond acceptors (Lipinski definition) is 5. The number of benzene rings is 1. The molecule has 0 amide bonds. The van der Waals surface area contributed by atoms with Crippen molar-refractivity contribution >= 4 is 22.6 Å². The zero-order chi connectivity index (χ0) is 15.2. The van der Waals surface area contributed by atoms with Crippen molar-refractivity contribution in [2.75, 3.05) is 25.1 Å². The lowest BCUT2D eigenvalue weighted by Crippen LogP contribution is -2.16. The van der Waals surface area contributed by atoms with E-state index in [0.717, 1.165) is 0 Å². The van der Waals surface area contributed by atoms with Crippen LogP contribution in [0, 0.1) is 0 Å². The van der Waals surface area contributed by atoms with E-state index in [2.05, 4.69) is 15.5 Å². The molecule has 1 heterocycles. The van der Waals surface area contributed by atoms with Crippen LogP contribution in [-0.2, 0) is 4.74 Å². The van der Waals surface area contributed by atoms with E-state index in [1.807, 2.05) is 0 Å². The van der Waals surface area contributed by atoms with Crippen molar-refractivity contribution in [3.05, 3.63) is 30.0 Å². The first-order valence-corrected chi connectivity index (χ1v) is 6.18. The summed E-state index contributed by atoms with van der Waals surface area (Å²) < 4.78 is 28.6. The zero-order valence-corrected chi connectivity index (χ0v) is 10.9. The Hall–Kier alpha value is -2.35. The number of nitrogens with zero attached hydrogens (tertiary/aromatic N) is 2. The first-order chi connectivity index (χ1) is 10.1. The standard InChI is InChI=1S/C13H13F2N3O3/c14-10(15)7-21-6-5-16-11-8-3-1-2-4-9(8)17-18-12(11)13(19)20/h1-4,10H,5-7H2,(H,16,17)(H,19,20). The number of fused-ring (bicyclic) bond motifs is 1. The molecule has 0 aliphatic carbocycles. The summed E-state index contributed by atoms with van der Waals surface area (Å²) in [4.78, 5) is 11.2. The molecule has 6 nitrogen and oxygen atoms in total. The molecule has 0 atom stereocenters. The number of carboxylic acids is 1. The third-order valence-corrected chi connectivity index (χ3v) is 2.66. The third-order valence-electron chi connectivity index (χ3n) is 2.66. The molecule has 2 N–H and O–H groups in total. The van der Waals surface area contributed by atoms with Crippen molar-refractivity contribution in [3.8, 4) is 0 Å². The van der Waals surface area contributed by atoms with E-state index in [1.165, 1.54) is 0 Å². The molecule has 112 valence electrons. The van der Waals surface area contributed by atoms with Crippen LogP contribution in [0.15, 0.2) is 24.3 Å². The minimum atomic E-state index is -2.52. The average molecular weight is 297 g/mol.